The molecule has 0 spiro atoms. The van der Waals surface area contributed by atoms with Gasteiger partial charge in [-0.1, -0.05) is 39.0 Å². The second kappa shape index (κ2) is 9.96. The van der Waals surface area contributed by atoms with Crippen molar-refractivity contribution < 1.29 is 23.9 Å². The van der Waals surface area contributed by atoms with Crippen molar-refractivity contribution in [1.82, 2.24) is 15.1 Å². The Morgan fingerprint density at radius 2 is 1.76 bits per heavy atom. The van der Waals surface area contributed by atoms with Crippen LogP contribution in [0.3, 0.4) is 0 Å². The lowest BCUT2D eigenvalue weighted by Gasteiger charge is -2.17. The van der Waals surface area contributed by atoms with E-state index >= 15 is 0 Å². The molecule has 0 aliphatic heterocycles. The smallest absolute Gasteiger partial charge is 0.328 e. The number of hydrogen-bond donors (Lipinski definition) is 2. The first kappa shape index (κ1) is 24.8. The lowest BCUT2D eigenvalue weighted by Crippen LogP contribution is -2.34. The summed E-state index contributed by atoms with van der Waals surface area (Å²) in [5.41, 5.74) is 4.09. The molecule has 0 bridgehead atoms. The number of benzene rings is 1. The van der Waals surface area contributed by atoms with E-state index in [4.69, 9.17) is 10.5 Å². The lowest BCUT2D eigenvalue weighted by atomic mass is 9.96. The van der Waals surface area contributed by atoms with E-state index in [1.165, 1.54) is 23.5 Å². The molecule has 0 saturated heterocycles. The van der Waals surface area contributed by atoms with Gasteiger partial charge in [0.1, 0.15) is 6.54 Å². The van der Waals surface area contributed by atoms with Gasteiger partial charge >= 0.3 is 5.97 Å². The summed E-state index contributed by atoms with van der Waals surface area (Å²) < 4.78 is 5.80. The van der Waals surface area contributed by atoms with Crippen LogP contribution in [0.2, 0.25) is 0 Å². The quantitative estimate of drug-likeness (QED) is 0.364. The predicted octanol–water partition coefficient (Wildman–Crippen LogP) is 1.65. The highest BCUT2D eigenvalue weighted by atomic mass is 32.1. The van der Waals surface area contributed by atoms with E-state index in [2.05, 4.69) is 10.4 Å². The molecule has 2 aromatic heterocycles. The van der Waals surface area contributed by atoms with E-state index < -0.39 is 41.8 Å². The van der Waals surface area contributed by atoms with E-state index in [0.29, 0.717) is 4.88 Å². The van der Waals surface area contributed by atoms with Crippen molar-refractivity contribution in [1.29, 1.82) is 0 Å². The minimum absolute atomic E-state index is 0.111. The van der Waals surface area contributed by atoms with E-state index in [1.54, 1.807) is 45.0 Å². The van der Waals surface area contributed by atoms with Gasteiger partial charge in [0, 0.05) is 15.7 Å². The molecule has 2 amide bonds. The maximum absolute atomic E-state index is 12.6. The number of fused-ring (bicyclic) bond motifs is 1. The second-order valence-corrected chi connectivity index (χ2v) is 9.67. The summed E-state index contributed by atoms with van der Waals surface area (Å²) in [7, 11) is 0. The van der Waals surface area contributed by atoms with Crippen molar-refractivity contribution in [2.45, 2.75) is 33.9 Å². The van der Waals surface area contributed by atoms with Crippen molar-refractivity contribution >= 4 is 45.7 Å². The first-order valence-electron chi connectivity index (χ1n) is 10.3. The SMILES string of the molecule is CC(C)(C)C(=O)NCc1ccc(C(=O)COC(=O)Cn2nc(C(N)=O)c3ccccc3c2=O)s1. The predicted molar refractivity (Wildman–Crippen MR) is 125 cm³/mol. The number of nitrogens with zero attached hydrogens (tertiary/aromatic N) is 2. The molecule has 0 unspecified atom stereocenters. The zero-order chi connectivity index (χ0) is 25.0. The number of rotatable bonds is 8. The third-order valence-electron chi connectivity index (χ3n) is 4.79. The average Bonchev–Trinajstić information content (AvgIpc) is 3.26. The van der Waals surface area contributed by atoms with E-state index in [0.717, 1.165) is 9.56 Å². The second-order valence-electron chi connectivity index (χ2n) is 8.50. The highest BCUT2D eigenvalue weighted by Gasteiger charge is 2.21. The summed E-state index contributed by atoms with van der Waals surface area (Å²) in [5, 5.41) is 7.16. The van der Waals surface area contributed by atoms with Crippen LogP contribution in [0.5, 0.6) is 0 Å². The monoisotopic (exact) mass is 484 g/mol. The van der Waals surface area contributed by atoms with Gasteiger partial charge in [-0.15, -0.1) is 11.3 Å². The van der Waals surface area contributed by atoms with Gasteiger partial charge in [0.05, 0.1) is 16.8 Å². The molecule has 0 atom stereocenters. The Bertz CT molecular complexity index is 1340. The Kier molecular flexibility index (Phi) is 7.26. The van der Waals surface area contributed by atoms with Crippen LogP contribution in [0.25, 0.3) is 10.8 Å². The highest BCUT2D eigenvalue weighted by molar-refractivity contribution is 7.14. The maximum atomic E-state index is 12.6. The van der Waals surface area contributed by atoms with Gasteiger partial charge in [-0.05, 0) is 18.2 Å². The largest absolute Gasteiger partial charge is 0.456 e. The van der Waals surface area contributed by atoms with Gasteiger partial charge in [-0.25, -0.2) is 4.68 Å². The number of ketones is 1. The normalized spacial score (nSPS) is 11.3. The number of hydrogen-bond acceptors (Lipinski definition) is 8. The molecule has 11 heteroatoms. The van der Waals surface area contributed by atoms with Crippen molar-refractivity contribution in [2.75, 3.05) is 6.61 Å². The summed E-state index contributed by atoms with van der Waals surface area (Å²) in [5.74, 6) is -2.26. The Labute approximate surface area is 198 Å². The zero-order valence-corrected chi connectivity index (χ0v) is 19.7. The van der Waals surface area contributed by atoms with E-state index in [1.807, 2.05) is 0 Å². The highest BCUT2D eigenvalue weighted by Crippen LogP contribution is 2.19. The van der Waals surface area contributed by atoms with Crippen molar-refractivity contribution in [3.05, 3.63) is 62.2 Å². The summed E-state index contributed by atoms with van der Waals surface area (Å²) in [6.45, 7) is 4.57. The van der Waals surface area contributed by atoms with Crippen LogP contribution >= 0.6 is 11.3 Å². The number of nitrogens with two attached hydrogens (primary N) is 1. The van der Waals surface area contributed by atoms with Crippen LogP contribution in [0.1, 0.15) is 45.8 Å². The summed E-state index contributed by atoms with van der Waals surface area (Å²) in [6, 6.07) is 9.58. The van der Waals surface area contributed by atoms with Crippen molar-refractivity contribution in [3.63, 3.8) is 0 Å². The number of carbonyl (C=O) groups is 4. The molecule has 0 aliphatic rings. The molecule has 2 heterocycles. The number of primary amides is 1. The standard InChI is InChI=1S/C23H24N4O6S/c1-23(2,3)22(32)25-10-13-8-9-17(34-13)16(28)12-33-18(29)11-27-21(31)15-7-5-4-6-14(15)19(26-27)20(24)30/h4-9H,10-12H2,1-3H3,(H2,24,30)(H,25,32). The molecule has 0 radical (unpaired) electrons. The Balaban J connectivity index is 1.62. The topological polar surface area (TPSA) is 150 Å². The average molecular weight is 485 g/mol. The molecule has 3 rings (SSSR count). The van der Waals surface area contributed by atoms with Crippen molar-refractivity contribution in [2.24, 2.45) is 11.1 Å². The van der Waals surface area contributed by atoms with E-state index in [-0.39, 0.29) is 28.9 Å². The fourth-order valence-corrected chi connectivity index (χ4v) is 3.84. The first-order chi connectivity index (χ1) is 16.0. The molecule has 178 valence electrons. The summed E-state index contributed by atoms with van der Waals surface area (Å²) in [4.78, 5) is 62.1. The van der Waals surface area contributed by atoms with Gasteiger partial charge in [0.25, 0.3) is 11.5 Å². The molecule has 0 saturated carbocycles. The summed E-state index contributed by atoms with van der Waals surface area (Å²) >= 11 is 1.18. The van der Waals surface area contributed by atoms with Crippen LogP contribution in [-0.2, 0) is 27.4 Å². The number of aromatic nitrogens is 2. The Hall–Kier alpha value is -3.86. The Morgan fingerprint density at radius 3 is 2.41 bits per heavy atom. The van der Waals surface area contributed by atoms with E-state index in [9.17, 15) is 24.0 Å². The first-order valence-corrected chi connectivity index (χ1v) is 11.1. The maximum Gasteiger partial charge on any atom is 0.328 e. The van der Waals surface area contributed by atoms with Crippen LogP contribution in [-0.4, -0.2) is 40.0 Å². The van der Waals surface area contributed by atoms with Crippen LogP contribution in [0.15, 0.2) is 41.2 Å². The molecule has 0 aliphatic carbocycles. The van der Waals surface area contributed by atoms with Crippen LogP contribution in [0.4, 0.5) is 0 Å². The number of carbonyl (C=O) groups excluding carboxylic acids is 4. The minimum atomic E-state index is -0.872. The number of amides is 2. The summed E-state index contributed by atoms with van der Waals surface area (Å²) in [6.07, 6.45) is 0. The molecular formula is C23H24N4O6S. The van der Waals surface area contributed by atoms with Crippen LogP contribution < -0.4 is 16.6 Å². The fourth-order valence-electron chi connectivity index (χ4n) is 2.96. The third-order valence-corrected chi connectivity index (χ3v) is 5.91. The lowest BCUT2D eigenvalue weighted by molar-refractivity contribution is -0.143. The number of esters is 1. The fraction of sp³-hybridized carbons (Fsp3) is 0.304. The number of nitrogens with one attached hydrogen (secondary N) is 1. The number of ether oxygens (including phenoxy) is 1. The molecule has 1 aromatic carbocycles. The molecule has 10 nitrogen and oxygen atoms in total. The van der Waals surface area contributed by atoms with Gasteiger partial charge < -0.3 is 15.8 Å². The van der Waals surface area contributed by atoms with Gasteiger partial charge in [0.2, 0.25) is 11.7 Å². The molecule has 3 N–H and O–H groups in total. The number of Topliss-reactive ketones (excluding diaryl/α,β-unsaturated/α-hetero) is 1. The number of thiophene rings is 1. The van der Waals surface area contributed by atoms with Gasteiger partial charge in [-0.2, -0.15) is 5.10 Å². The third kappa shape index (κ3) is 5.73. The molecule has 0 fully saturated rings. The van der Waals surface area contributed by atoms with Crippen LogP contribution in [0, 0.1) is 5.41 Å². The molecule has 34 heavy (non-hydrogen) atoms. The van der Waals surface area contributed by atoms with Crippen molar-refractivity contribution in [3.8, 4) is 0 Å². The zero-order valence-electron chi connectivity index (χ0n) is 18.9. The van der Waals surface area contributed by atoms with Gasteiger partial charge in [0.15, 0.2) is 12.3 Å². The minimum Gasteiger partial charge on any atom is -0.456 e. The Morgan fingerprint density at radius 1 is 1.09 bits per heavy atom. The molecule has 3 aromatic rings. The van der Waals surface area contributed by atoms with Gasteiger partial charge in [-0.3, -0.25) is 24.0 Å². The molecular weight excluding hydrogens is 460 g/mol.